The second kappa shape index (κ2) is 8.30. The largest absolute Gasteiger partial charge is 0.454 e. The van der Waals surface area contributed by atoms with E-state index < -0.39 is 17.7 Å². The molecule has 0 bridgehead atoms. The average Bonchev–Trinajstić information content (AvgIpc) is 2.73. The molecule has 150 valence electrons. The van der Waals surface area contributed by atoms with Gasteiger partial charge in [0.15, 0.2) is 11.6 Å². The maximum absolute atomic E-state index is 14.5. The summed E-state index contributed by atoms with van der Waals surface area (Å²) in [7, 11) is 0. The lowest BCUT2D eigenvalue weighted by Gasteiger charge is -2.12. The van der Waals surface area contributed by atoms with Gasteiger partial charge >= 0.3 is 6.03 Å². The molecule has 0 unspecified atom stereocenters. The van der Waals surface area contributed by atoms with E-state index in [4.69, 9.17) is 16.3 Å². The number of rotatable bonds is 4. The zero-order valence-electron chi connectivity index (χ0n) is 15.2. The Labute approximate surface area is 174 Å². The highest BCUT2D eigenvalue weighted by molar-refractivity contribution is 6.30. The van der Waals surface area contributed by atoms with E-state index in [1.165, 1.54) is 24.4 Å². The summed E-state index contributed by atoms with van der Waals surface area (Å²) in [6.07, 6.45) is 3.06. The van der Waals surface area contributed by atoms with Crippen LogP contribution in [0.25, 0.3) is 11.0 Å². The number of carbonyl (C=O) groups is 1. The molecule has 0 radical (unpaired) electrons. The lowest BCUT2D eigenvalue weighted by molar-refractivity contribution is 0.262. The number of nitrogens with zero attached hydrogens (tertiary/aromatic N) is 2. The van der Waals surface area contributed by atoms with E-state index >= 15 is 0 Å². The lowest BCUT2D eigenvalue weighted by Crippen LogP contribution is -2.20. The number of halogens is 3. The minimum Gasteiger partial charge on any atom is -0.454 e. The molecule has 0 saturated carbocycles. The summed E-state index contributed by atoms with van der Waals surface area (Å²) in [4.78, 5) is 20.3. The van der Waals surface area contributed by atoms with Gasteiger partial charge in [-0.15, -0.1) is 0 Å². The van der Waals surface area contributed by atoms with Gasteiger partial charge in [0, 0.05) is 29.2 Å². The maximum Gasteiger partial charge on any atom is 0.323 e. The van der Waals surface area contributed by atoms with Crippen LogP contribution in [-0.4, -0.2) is 16.0 Å². The van der Waals surface area contributed by atoms with Gasteiger partial charge in [-0.2, -0.15) is 4.39 Å². The SMILES string of the molecule is O=C(Nc1cccc(Cl)c1)Nc1ccc(Oc2ccc3nccnc3c2)c(F)c1F. The smallest absolute Gasteiger partial charge is 0.323 e. The van der Waals surface area contributed by atoms with Crippen LogP contribution < -0.4 is 15.4 Å². The molecular formula is C21H13ClF2N4O2. The van der Waals surface area contributed by atoms with Gasteiger partial charge in [-0.05, 0) is 42.5 Å². The number of carbonyl (C=O) groups excluding carboxylic acids is 1. The molecule has 9 heteroatoms. The van der Waals surface area contributed by atoms with Crippen LogP contribution >= 0.6 is 11.6 Å². The Morgan fingerprint density at radius 2 is 1.70 bits per heavy atom. The molecule has 1 aromatic heterocycles. The minimum absolute atomic E-state index is 0.265. The standard InChI is InChI=1S/C21H13ClF2N4O2/c22-12-2-1-3-13(10-12)27-21(29)28-16-6-7-18(20(24)19(16)23)30-14-4-5-15-17(11-14)26-9-8-25-15/h1-11H,(H2,27,28,29). The topological polar surface area (TPSA) is 76.1 Å². The molecule has 0 saturated heterocycles. The molecule has 0 aliphatic heterocycles. The highest BCUT2D eigenvalue weighted by atomic mass is 35.5. The number of benzene rings is 3. The van der Waals surface area contributed by atoms with Crippen LogP contribution in [0, 0.1) is 11.6 Å². The van der Waals surface area contributed by atoms with E-state index in [-0.39, 0.29) is 17.2 Å². The second-order valence-electron chi connectivity index (χ2n) is 6.14. The van der Waals surface area contributed by atoms with Crippen molar-refractivity contribution in [1.29, 1.82) is 0 Å². The molecule has 1 heterocycles. The number of fused-ring (bicyclic) bond motifs is 1. The molecule has 4 rings (SSSR count). The van der Waals surface area contributed by atoms with Crippen molar-refractivity contribution in [3.63, 3.8) is 0 Å². The average molecular weight is 427 g/mol. The fourth-order valence-electron chi connectivity index (χ4n) is 2.69. The van der Waals surface area contributed by atoms with Gasteiger partial charge in [-0.3, -0.25) is 9.97 Å². The third-order valence-corrected chi connectivity index (χ3v) is 4.28. The molecule has 3 aromatic carbocycles. The van der Waals surface area contributed by atoms with Crippen LogP contribution in [-0.2, 0) is 0 Å². The van der Waals surface area contributed by atoms with Crippen molar-refractivity contribution >= 4 is 40.0 Å². The van der Waals surface area contributed by atoms with Crippen LogP contribution in [0.3, 0.4) is 0 Å². The van der Waals surface area contributed by atoms with E-state index in [9.17, 15) is 13.6 Å². The number of ether oxygens (including phenoxy) is 1. The van der Waals surface area contributed by atoms with Crippen LogP contribution in [0.15, 0.2) is 67.0 Å². The summed E-state index contributed by atoms with van der Waals surface area (Å²) in [5.41, 5.74) is 1.25. The van der Waals surface area contributed by atoms with Crippen LogP contribution in [0.5, 0.6) is 11.5 Å². The molecule has 30 heavy (non-hydrogen) atoms. The molecule has 0 fully saturated rings. The van der Waals surface area contributed by atoms with Gasteiger partial charge in [0.25, 0.3) is 0 Å². The zero-order valence-corrected chi connectivity index (χ0v) is 16.0. The summed E-state index contributed by atoms with van der Waals surface area (Å²) < 4.78 is 34.4. The summed E-state index contributed by atoms with van der Waals surface area (Å²) in [6, 6.07) is 12.8. The Morgan fingerprint density at radius 1 is 0.900 bits per heavy atom. The van der Waals surface area contributed by atoms with Crippen LogP contribution in [0.1, 0.15) is 0 Å². The lowest BCUT2D eigenvalue weighted by atomic mass is 10.2. The molecular weight excluding hydrogens is 414 g/mol. The predicted molar refractivity (Wildman–Crippen MR) is 110 cm³/mol. The number of aromatic nitrogens is 2. The Kier molecular flexibility index (Phi) is 5.40. The number of urea groups is 1. The maximum atomic E-state index is 14.5. The van der Waals surface area contributed by atoms with Gasteiger partial charge in [0.05, 0.1) is 16.7 Å². The number of hydrogen-bond donors (Lipinski definition) is 2. The second-order valence-corrected chi connectivity index (χ2v) is 6.57. The normalized spacial score (nSPS) is 10.6. The van der Waals surface area contributed by atoms with E-state index in [0.29, 0.717) is 21.7 Å². The van der Waals surface area contributed by atoms with Crippen molar-refractivity contribution in [1.82, 2.24) is 9.97 Å². The van der Waals surface area contributed by atoms with E-state index in [1.54, 1.807) is 42.6 Å². The Morgan fingerprint density at radius 3 is 2.50 bits per heavy atom. The van der Waals surface area contributed by atoms with Gasteiger partial charge in [0.1, 0.15) is 5.75 Å². The number of amides is 2. The van der Waals surface area contributed by atoms with Gasteiger partial charge in [0.2, 0.25) is 5.82 Å². The molecule has 0 aliphatic carbocycles. The van der Waals surface area contributed by atoms with E-state index in [1.807, 2.05) is 0 Å². The quantitative estimate of drug-likeness (QED) is 0.419. The Balaban J connectivity index is 1.50. The van der Waals surface area contributed by atoms with Crippen molar-refractivity contribution in [2.45, 2.75) is 0 Å². The molecule has 0 aliphatic rings. The Hall–Kier alpha value is -3.78. The number of hydrogen-bond acceptors (Lipinski definition) is 4. The molecule has 2 amide bonds. The fraction of sp³-hybridized carbons (Fsp3) is 0. The first-order valence-corrected chi connectivity index (χ1v) is 9.07. The van der Waals surface area contributed by atoms with Crippen molar-refractivity contribution < 1.29 is 18.3 Å². The van der Waals surface area contributed by atoms with Crippen molar-refractivity contribution in [2.24, 2.45) is 0 Å². The van der Waals surface area contributed by atoms with Crippen LogP contribution in [0.4, 0.5) is 25.0 Å². The molecule has 6 nitrogen and oxygen atoms in total. The van der Waals surface area contributed by atoms with E-state index in [0.717, 1.165) is 0 Å². The van der Waals surface area contributed by atoms with Gasteiger partial charge in [-0.25, -0.2) is 9.18 Å². The zero-order chi connectivity index (χ0) is 21.1. The van der Waals surface area contributed by atoms with Gasteiger partial charge in [-0.1, -0.05) is 17.7 Å². The van der Waals surface area contributed by atoms with Crippen molar-refractivity contribution in [3.05, 3.63) is 83.6 Å². The third kappa shape index (κ3) is 4.28. The summed E-state index contributed by atoms with van der Waals surface area (Å²) in [5, 5.41) is 5.16. The van der Waals surface area contributed by atoms with Gasteiger partial charge < -0.3 is 15.4 Å². The fourth-order valence-corrected chi connectivity index (χ4v) is 2.88. The van der Waals surface area contributed by atoms with E-state index in [2.05, 4.69) is 20.6 Å². The van der Waals surface area contributed by atoms with Crippen molar-refractivity contribution in [3.8, 4) is 11.5 Å². The number of nitrogens with one attached hydrogen (secondary N) is 2. The third-order valence-electron chi connectivity index (χ3n) is 4.05. The van der Waals surface area contributed by atoms with Crippen molar-refractivity contribution in [2.75, 3.05) is 10.6 Å². The minimum atomic E-state index is -1.26. The summed E-state index contributed by atoms with van der Waals surface area (Å²) in [6.45, 7) is 0. The molecule has 0 spiro atoms. The summed E-state index contributed by atoms with van der Waals surface area (Å²) >= 11 is 5.85. The molecule has 2 N–H and O–H groups in total. The predicted octanol–water partition coefficient (Wildman–Crippen LogP) is 6.00. The Bertz CT molecular complexity index is 1250. The molecule has 4 aromatic rings. The molecule has 0 atom stereocenters. The summed E-state index contributed by atoms with van der Waals surface area (Å²) in [5.74, 6) is -2.57. The monoisotopic (exact) mass is 426 g/mol. The first kappa shape index (κ1) is 19.5. The van der Waals surface area contributed by atoms with Crippen LogP contribution in [0.2, 0.25) is 5.02 Å². The first-order chi connectivity index (χ1) is 14.5. The first-order valence-electron chi connectivity index (χ1n) is 8.70. The number of anilines is 2. The highest BCUT2D eigenvalue weighted by Crippen LogP contribution is 2.31. The highest BCUT2D eigenvalue weighted by Gasteiger charge is 2.17.